The van der Waals surface area contributed by atoms with Crippen LogP contribution in [0.2, 0.25) is 0 Å². The van der Waals surface area contributed by atoms with Crippen molar-refractivity contribution in [3.63, 3.8) is 0 Å². The van der Waals surface area contributed by atoms with Gasteiger partial charge in [-0.05, 0) is 54.6 Å². The molecule has 168 valence electrons. The summed E-state index contributed by atoms with van der Waals surface area (Å²) in [5, 5.41) is 2.86. The molecule has 1 N–H and O–H groups in total. The number of benzene rings is 3. The molecule has 4 rings (SSSR count). The van der Waals surface area contributed by atoms with E-state index < -0.39 is 17.2 Å². The normalized spacial score (nSPS) is 13.0. The molecule has 0 aliphatic carbocycles. The lowest BCUT2D eigenvalue weighted by Gasteiger charge is -2.18. The summed E-state index contributed by atoms with van der Waals surface area (Å²) < 4.78 is 11.1. The van der Waals surface area contributed by atoms with Crippen LogP contribution in [0.3, 0.4) is 0 Å². The number of amides is 3. The fourth-order valence-electron chi connectivity index (χ4n) is 3.34. The van der Waals surface area contributed by atoms with Crippen LogP contribution in [-0.2, 0) is 4.79 Å². The van der Waals surface area contributed by atoms with Gasteiger partial charge in [-0.3, -0.25) is 14.4 Å². The summed E-state index contributed by atoms with van der Waals surface area (Å²) in [4.78, 5) is 39.2. The smallest absolute Gasteiger partial charge is 0.266 e. The van der Waals surface area contributed by atoms with Gasteiger partial charge in [-0.2, -0.15) is 0 Å². The summed E-state index contributed by atoms with van der Waals surface area (Å²) in [5.74, 6) is 0.610. The van der Waals surface area contributed by atoms with E-state index in [1.54, 1.807) is 73.8 Å². The van der Waals surface area contributed by atoms with Crippen LogP contribution >= 0.6 is 0 Å². The number of nitrogens with zero attached hydrogens (tertiary/aromatic N) is 1. The molecule has 0 atom stereocenters. The van der Waals surface area contributed by atoms with Crippen molar-refractivity contribution in [3.8, 4) is 17.2 Å². The first-order chi connectivity index (χ1) is 15.7. The Morgan fingerprint density at radius 1 is 0.818 bits per heavy atom. The molecule has 3 amide bonds. The molecule has 1 heterocycles. The van der Waals surface area contributed by atoms with Crippen LogP contribution in [0.15, 0.2) is 66.7 Å². The number of rotatable bonds is 5. The molecule has 1 aliphatic rings. The third kappa shape index (κ3) is 4.43. The van der Waals surface area contributed by atoms with Gasteiger partial charge in [-0.25, -0.2) is 4.90 Å². The van der Waals surface area contributed by atoms with Crippen LogP contribution in [0.25, 0.3) is 0 Å². The second-order valence-corrected chi connectivity index (χ2v) is 8.69. The molecule has 0 fully saturated rings. The van der Waals surface area contributed by atoms with Gasteiger partial charge in [0.2, 0.25) is 5.91 Å². The summed E-state index contributed by atoms with van der Waals surface area (Å²) >= 11 is 0. The van der Waals surface area contributed by atoms with Crippen LogP contribution in [0, 0.1) is 5.41 Å². The maximum atomic E-state index is 13.0. The topological polar surface area (TPSA) is 84.9 Å². The zero-order valence-electron chi connectivity index (χ0n) is 18.8. The second-order valence-electron chi connectivity index (χ2n) is 8.69. The molecule has 3 aromatic carbocycles. The second kappa shape index (κ2) is 8.43. The van der Waals surface area contributed by atoms with E-state index in [0.717, 1.165) is 4.90 Å². The zero-order valence-corrected chi connectivity index (χ0v) is 18.8. The van der Waals surface area contributed by atoms with Gasteiger partial charge in [-0.15, -0.1) is 0 Å². The SMILES string of the molecule is COc1ccc(N2C(=O)c3ccc(Oc4cccc(NC(=O)C(C)(C)C)c4)cc3C2=O)cc1. The molecule has 0 radical (unpaired) electrons. The van der Waals surface area contributed by atoms with Gasteiger partial charge in [0.1, 0.15) is 17.2 Å². The van der Waals surface area contributed by atoms with Crippen LogP contribution < -0.4 is 19.7 Å². The number of ether oxygens (including phenoxy) is 2. The number of hydrogen-bond acceptors (Lipinski definition) is 5. The Bertz CT molecular complexity index is 1240. The molecule has 3 aromatic rings. The van der Waals surface area contributed by atoms with E-state index in [2.05, 4.69) is 5.32 Å². The fraction of sp³-hybridized carbons (Fsp3) is 0.192. The average molecular weight is 444 g/mol. The largest absolute Gasteiger partial charge is 0.497 e. The highest BCUT2D eigenvalue weighted by Crippen LogP contribution is 2.33. The highest BCUT2D eigenvalue weighted by Gasteiger charge is 2.37. The van der Waals surface area contributed by atoms with Crippen molar-refractivity contribution < 1.29 is 23.9 Å². The van der Waals surface area contributed by atoms with E-state index in [-0.39, 0.29) is 11.5 Å². The summed E-state index contributed by atoms with van der Waals surface area (Å²) in [7, 11) is 1.55. The fourth-order valence-corrected chi connectivity index (χ4v) is 3.34. The maximum absolute atomic E-state index is 13.0. The summed E-state index contributed by atoms with van der Waals surface area (Å²) in [6.45, 7) is 5.50. The van der Waals surface area contributed by atoms with Crippen molar-refractivity contribution in [3.05, 3.63) is 77.9 Å². The molecular formula is C26H24N2O5. The van der Waals surface area contributed by atoms with E-state index in [0.29, 0.717) is 34.2 Å². The van der Waals surface area contributed by atoms with Gasteiger partial charge in [0.15, 0.2) is 0 Å². The van der Waals surface area contributed by atoms with Crippen molar-refractivity contribution in [1.29, 1.82) is 0 Å². The number of fused-ring (bicyclic) bond motifs is 1. The Morgan fingerprint density at radius 2 is 1.45 bits per heavy atom. The lowest BCUT2D eigenvalue weighted by molar-refractivity contribution is -0.123. The Hall–Kier alpha value is -4.13. The minimum atomic E-state index is -0.528. The molecule has 0 bridgehead atoms. The average Bonchev–Trinajstić information content (AvgIpc) is 3.03. The Morgan fingerprint density at radius 3 is 2.12 bits per heavy atom. The molecule has 0 saturated heterocycles. The summed E-state index contributed by atoms with van der Waals surface area (Å²) in [6, 6.07) is 18.5. The molecule has 0 saturated carbocycles. The van der Waals surface area contributed by atoms with Crippen molar-refractivity contribution in [2.75, 3.05) is 17.3 Å². The van der Waals surface area contributed by atoms with Gasteiger partial charge in [0, 0.05) is 17.2 Å². The lowest BCUT2D eigenvalue weighted by Crippen LogP contribution is -2.29. The van der Waals surface area contributed by atoms with Crippen LogP contribution in [0.1, 0.15) is 41.5 Å². The number of carbonyl (C=O) groups is 3. The molecule has 7 nitrogen and oxygen atoms in total. The van der Waals surface area contributed by atoms with Crippen LogP contribution in [0.5, 0.6) is 17.2 Å². The van der Waals surface area contributed by atoms with Crippen molar-refractivity contribution >= 4 is 29.1 Å². The molecular weight excluding hydrogens is 420 g/mol. The van der Waals surface area contributed by atoms with Gasteiger partial charge in [0.25, 0.3) is 11.8 Å². The number of imide groups is 1. The molecule has 0 spiro atoms. The summed E-state index contributed by atoms with van der Waals surface area (Å²) in [5.41, 5.74) is 1.12. The molecule has 0 unspecified atom stereocenters. The quantitative estimate of drug-likeness (QED) is 0.542. The third-order valence-electron chi connectivity index (χ3n) is 5.20. The first kappa shape index (κ1) is 22.1. The van der Waals surface area contributed by atoms with E-state index >= 15 is 0 Å². The number of carbonyl (C=O) groups excluding carboxylic acids is 3. The highest BCUT2D eigenvalue weighted by atomic mass is 16.5. The molecule has 33 heavy (non-hydrogen) atoms. The van der Waals surface area contributed by atoms with E-state index in [1.807, 2.05) is 20.8 Å². The standard InChI is InChI=1S/C26H24N2O5/c1-26(2,3)25(31)27-16-6-5-7-19(14-16)33-20-12-13-21-22(15-20)24(30)28(23(21)29)17-8-10-18(32-4)11-9-17/h5-15H,1-4H3,(H,27,31). The first-order valence-electron chi connectivity index (χ1n) is 10.4. The van der Waals surface area contributed by atoms with E-state index in [4.69, 9.17) is 9.47 Å². The maximum Gasteiger partial charge on any atom is 0.266 e. The van der Waals surface area contributed by atoms with Gasteiger partial charge in [0.05, 0.1) is 23.9 Å². The number of methoxy groups -OCH3 is 1. The zero-order chi connectivity index (χ0) is 23.8. The summed E-state index contributed by atoms with van der Waals surface area (Å²) in [6.07, 6.45) is 0. The minimum Gasteiger partial charge on any atom is -0.497 e. The number of hydrogen-bond donors (Lipinski definition) is 1. The Labute approximate surface area is 191 Å². The lowest BCUT2D eigenvalue weighted by atomic mass is 9.95. The Balaban J connectivity index is 1.55. The predicted octanol–water partition coefficient (Wildman–Crippen LogP) is 5.27. The van der Waals surface area contributed by atoms with Crippen molar-refractivity contribution in [1.82, 2.24) is 0 Å². The minimum absolute atomic E-state index is 0.111. The molecule has 7 heteroatoms. The monoisotopic (exact) mass is 444 g/mol. The third-order valence-corrected chi connectivity index (χ3v) is 5.20. The number of anilines is 2. The first-order valence-corrected chi connectivity index (χ1v) is 10.4. The molecule has 1 aliphatic heterocycles. The number of nitrogens with one attached hydrogen (secondary N) is 1. The molecule has 0 aromatic heterocycles. The Kier molecular flexibility index (Phi) is 5.64. The van der Waals surface area contributed by atoms with Crippen molar-refractivity contribution in [2.45, 2.75) is 20.8 Å². The van der Waals surface area contributed by atoms with Crippen LogP contribution in [0.4, 0.5) is 11.4 Å². The predicted molar refractivity (Wildman–Crippen MR) is 125 cm³/mol. The van der Waals surface area contributed by atoms with Gasteiger partial charge in [-0.1, -0.05) is 26.8 Å². The van der Waals surface area contributed by atoms with E-state index in [9.17, 15) is 14.4 Å². The highest BCUT2D eigenvalue weighted by molar-refractivity contribution is 6.34. The van der Waals surface area contributed by atoms with Gasteiger partial charge >= 0.3 is 0 Å². The van der Waals surface area contributed by atoms with Gasteiger partial charge < -0.3 is 14.8 Å². The van der Waals surface area contributed by atoms with Crippen molar-refractivity contribution in [2.24, 2.45) is 5.41 Å². The van der Waals surface area contributed by atoms with Crippen LogP contribution in [-0.4, -0.2) is 24.8 Å². The van der Waals surface area contributed by atoms with E-state index in [1.165, 1.54) is 0 Å².